The highest BCUT2D eigenvalue weighted by Gasteiger charge is 2.15. The second kappa shape index (κ2) is 6.88. The molecule has 0 radical (unpaired) electrons. The van der Waals surface area contributed by atoms with Crippen LogP contribution in [0.4, 0.5) is 5.69 Å². The Bertz CT molecular complexity index is 812. The zero-order valence-electron chi connectivity index (χ0n) is 13.8. The van der Waals surface area contributed by atoms with Gasteiger partial charge in [-0.25, -0.2) is 8.42 Å². The largest absolute Gasteiger partial charge is 0.349 e. The molecule has 0 spiro atoms. The van der Waals surface area contributed by atoms with Crippen molar-refractivity contribution in [1.29, 1.82) is 0 Å². The van der Waals surface area contributed by atoms with Crippen LogP contribution < -0.4 is 9.62 Å². The first-order chi connectivity index (χ1) is 10.7. The predicted octanol–water partition coefficient (Wildman–Crippen LogP) is 3.22. The lowest BCUT2D eigenvalue weighted by molar-refractivity contribution is 0.0942. The number of sulfonamides is 1. The Kier molecular flexibility index (Phi) is 5.31. The van der Waals surface area contributed by atoms with E-state index in [2.05, 4.69) is 12.2 Å². The summed E-state index contributed by atoms with van der Waals surface area (Å²) in [5.41, 5.74) is 0.587. The van der Waals surface area contributed by atoms with Gasteiger partial charge in [0, 0.05) is 17.8 Å². The molecule has 7 heteroatoms. The van der Waals surface area contributed by atoms with Gasteiger partial charge in [-0.05, 0) is 43.0 Å². The SMILES string of the molecule is CCCC(C)NC(=O)c1cc2cc(N(C)S(C)(=O)=O)ccc2s1. The van der Waals surface area contributed by atoms with Crippen LogP contribution in [0, 0.1) is 0 Å². The summed E-state index contributed by atoms with van der Waals surface area (Å²) in [7, 11) is -1.78. The van der Waals surface area contributed by atoms with Crippen LogP contribution in [0.2, 0.25) is 0 Å². The molecule has 0 aliphatic heterocycles. The summed E-state index contributed by atoms with van der Waals surface area (Å²) in [6, 6.07) is 7.35. The van der Waals surface area contributed by atoms with Crippen molar-refractivity contribution in [3.05, 3.63) is 29.1 Å². The average molecular weight is 354 g/mol. The molecule has 1 amide bonds. The fourth-order valence-electron chi connectivity index (χ4n) is 2.33. The summed E-state index contributed by atoms with van der Waals surface area (Å²) >= 11 is 1.41. The molecule has 0 fully saturated rings. The van der Waals surface area contributed by atoms with Crippen LogP contribution in [0.3, 0.4) is 0 Å². The Hall–Kier alpha value is -1.60. The van der Waals surface area contributed by atoms with Gasteiger partial charge in [-0.1, -0.05) is 13.3 Å². The summed E-state index contributed by atoms with van der Waals surface area (Å²) in [6.45, 7) is 4.08. The minimum atomic E-state index is -3.30. The zero-order valence-corrected chi connectivity index (χ0v) is 15.4. The summed E-state index contributed by atoms with van der Waals surface area (Å²) < 4.78 is 25.4. The molecule has 1 unspecified atom stereocenters. The fourth-order valence-corrected chi connectivity index (χ4v) is 3.77. The van der Waals surface area contributed by atoms with Gasteiger partial charge in [0.25, 0.3) is 5.91 Å². The molecular weight excluding hydrogens is 332 g/mol. The van der Waals surface area contributed by atoms with Gasteiger partial charge in [0.2, 0.25) is 10.0 Å². The van der Waals surface area contributed by atoms with Crippen LogP contribution in [0.25, 0.3) is 10.1 Å². The van der Waals surface area contributed by atoms with E-state index in [1.807, 2.05) is 19.1 Å². The monoisotopic (exact) mass is 354 g/mol. The Morgan fingerprint density at radius 1 is 1.35 bits per heavy atom. The van der Waals surface area contributed by atoms with Crippen molar-refractivity contribution in [3.63, 3.8) is 0 Å². The second-order valence-electron chi connectivity index (χ2n) is 5.73. The Morgan fingerprint density at radius 3 is 2.65 bits per heavy atom. The van der Waals surface area contributed by atoms with E-state index in [-0.39, 0.29) is 11.9 Å². The predicted molar refractivity (Wildman–Crippen MR) is 96.9 cm³/mol. The quantitative estimate of drug-likeness (QED) is 0.866. The Labute approximate surface area is 141 Å². The van der Waals surface area contributed by atoms with Crippen molar-refractivity contribution >= 4 is 43.0 Å². The van der Waals surface area contributed by atoms with Gasteiger partial charge in [0.05, 0.1) is 16.8 Å². The van der Waals surface area contributed by atoms with Gasteiger partial charge >= 0.3 is 0 Å². The number of fused-ring (bicyclic) bond motifs is 1. The smallest absolute Gasteiger partial charge is 0.261 e. The molecule has 0 aliphatic rings. The number of amides is 1. The lowest BCUT2D eigenvalue weighted by Crippen LogP contribution is -2.31. The van der Waals surface area contributed by atoms with E-state index in [4.69, 9.17) is 0 Å². The Morgan fingerprint density at radius 2 is 2.04 bits per heavy atom. The molecule has 23 heavy (non-hydrogen) atoms. The molecule has 0 aliphatic carbocycles. The number of thiophene rings is 1. The minimum absolute atomic E-state index is 0.0785. The molecule has 0 saturated heterocycles. The summed E-state index contributed by atoms with van der Waals surface area (Å²) in [5.74, 6) is -0.0785. The van der Waals surface area contributed by atoms with E-state index in [1.54, 1.807) is 12.1 Å². The number of hydrogen-bond acceptors (Lipinski definition) is 4. The van der Waals surface area contributed by atoms with Crippen LogP contribution >= 0.6 is 11.3 Å². The van der Waals surface area contributed by atoms with E-state index in [0.29, 0.717) is 10.6 Å². The lowest BCUT2D eigenvalue weighted by Gasteiger charge is -2.16. The molecule has 2 aromatic rings. The number of nitrogens with one attached hydrogen (secondary N) is 1. The Balaban J connectivity index is 2.27. The summed E-state index contributed by atoms with van der Waals surface area (Å²) in [4.78, 5) is 12.9. The molecule has 0 bridgehead atoms. The third-order valence-electron chi connectivity index (χ3n) is 3.68. The minimum Gasteiger partial charge on any atom is -0.349 e. The maximum atomic E-state index is 12.3. The average Bonchev–Trinajstić information content (AvgIpc) is 2.88. The summed E-state index contributed by atoms with van der Waals surface area (Å²) in [6.07, 6.45) is 3.13. The van der Waals surface area contributed by atoms with Crippen LogP contribution in [-0.4, -0.2) is 33.7 Å². The van der Waals surface area contributed by atoms with Crippen molar-refractivity contribution in [2.45, 2.75) is 32.7 Å². The number of nitrogens with zero attached hydrogens (tertiary/aromatic N) is 1. The first-order valence-electron chi connectivity index (χ1n) is 7.50. The highest BCUT2D eigenvalue weighted by Crippen LogP contribution is 2.30. The number of carbonyl (C=O) groups is 1. The number of anilines is 1. The van der Waals surface area contributed by atoms with Gasteiger partial charge in [0.1, 0.15) is 0 Å². The topological polar surface area (TPSA) is 66.5 Å². The maximum Gasteiger partial charge on any atom is 0.261 e. The van der Waals surface area contributed by atoms with Crippen molar-refractivity contribution < 1.29 is 13.2 Å². The van der Waals surface area contributed by atoms with Crippen molar-refractivity contribution in [1.82, 2.24) is 5.32 Å². The molecule has 1 aromatic carbocycles. The van der Waals surface area contributed by atoms with Gasteiger partial charge in [-0.15, -0.1) is 11.3 Å². The van der Waals surface area contributed by atoms with E-state index in [9.17, 15) is 13.2 Å². The molecule has 5 nitrogen and oxygen atoms in total. The van der Waals surface area contributed by atoms with Crippen LogP contribution in [-0.2, 0) is 10.0 Å². The highest BCUT2D eigenvalue weighted by molar-refractivity contribution is 7.92. The number of carbonyl (C=O) groups excluding carboxylic acids is 1. The van der Waals surface area contributed by atoms with Gasteiger partial charge in [-0.3, -0.25) is 9.10 Å². The van der Waals surface area contributed by atoms with E-state index < -0.39 is 10.0 Å². The van der Waals surface area contributed by atoms with Crippen molar-refractivity contribution in [2.24, 2.45) is 0 Å². The highest BCUT2D eigenvalue weighted by atomic mass is 32.2. The second-order valence-corrected chi connectivity index (χ2v) is 8.82. The van der Waals surface area contributed by atoms with Crippen LogP contribution in [0.1, 0.15) is 36.4 Å². The third-order valence-corrected chi connectivity index (χ3v) is 6.00. The molecular formula is C16H22N2O3S2. The lowest BCUT2D eigenvalue weighted by atomic mass is 10.2. The zero-order chi connectivity index (χ0) is 17.2. The molecule has 1 atom stereocenters. The van der Waals surface area contributed by atoms with Crippen LogP contribution in [0.5, 0.6) is 0 Å². The number of benzene rings is 1. The van der Waals surface area contributed by atoms with Gasteiger partial charge < -0.3 is 5.32 Å². The molecule has 0 saturated carbocycles. The molecule has 1 heterocycles. The fraction of sp³-hybridized carbons (Fsp3) is 0.438. The van der Waals surface area contributed by atoms with Gasteiger partial charge in [-0.2, -0.15) is 0 Å². The van der Waals surface area contributed by atoms with Crippen LogP contribution in [0.15, 0.2) is 24.3 Å². The molecule has 126 valence electrons. The molecule has 1 aromatic heterocycles. The number of hydrogen-bond donors (Lipinski definition) is 1. The molecule has 2 rings (SSSR count). The third kappa shape index (κ3) is 4.23. The normalized spacial score (nSPS) is 13.0. The first-order valence-corrected chi connectivity index (χ1v) is 10.2. The summed E-state index contributed by atoms with van der Waals surface area (Å²) in [5, 5.41) is 3.86. The number of rotatable bonds is 6. The van der Waals surface area contributed by atoms with E-state index in [0.717, 1.165) is 22.9 Å². The van der Waals surface area contributed by atoms with E-state index >= 15 is 0 Å². The maximum absolute atomic E-state index is 12.3. The molecule has 1 N–H and O–H groups in total. The van der Waals surface area contributed by atoms with E-state index in [1.165, 1.54) is 28.9 Å². The standard InChI is InChI=1S/C16H22N2O3S2/c1-5-6-11(2)17-16(19)15-10-12-9-13(7-8-14(12)22-15)18(3)23(4,20)21/h7-11H,5-6H2,1-4H3,(H,17,19). The van der Waals surface area contributed by atoms with Gasteiger partial charge in [0.15, 0.2) is 0 Å². The van der Waals surface area contributed by atoms with Crippen molar-refractivity contribution in [3.8, 4) is 0 Å². The first kappa shape index (κ1) is 17.7. The van der Waals surface area contributed by atoms with Crippen molar-refractivity contribution in [2.75, 3.05) is 17.6 Å².